The summed E-state index contributed by atoms with van der Waals surface area (Å²) in [5.74, 6) is -0.0554. The minimum atomic E-state index is -0.169. The van der Waals surface area contributed by atoms with Gasteiger partial charge in [-0.1, -0.05) is 18.2 Å². The van der Waals surface area contributed by atoms with Crippen LogP contribution in [0.3, 0.4) is 0 Å². The molecule has 2 aromatic heterocycles. The van der Waals surface area contributed by atoms with E-state index in [4.69, 9.17) is 0 Å². The molecule has 29 heavy (non-hydrogen) atoms. The molecule has 2 amide bonds. The van der Waals surface area contributed by atoms with Gasteiger partial charge in [0, 0.05) is 56.7 Å². The zero-order valence-corrected chi connectivity index (χ0v) is 16.5. The summed E-state index contributed by atoms with van der Waals surface area (Å²) in [4.78, 5) is 35.5. The van der Waals surface area contributed by atoms with Crippen LogP contribution in [0.5, 0.6) is 0 Å². The summed E-state index contributed by atoms with van der Waals surface area (Å²) in [6, 6.07) is 11.8. The fraction of sp³-hybridized carbons (Fsp3) is 0.318. The number of aromatic nitrogens is 2. The maximum atomic E-state index is 12.4. The molecule has 0 atom stereocenters. The van der Waals surface area contributed by atoms with Crippen LogP contribution in [0, 0.1) is 0 Å². The number of anilines is 1. The summed E-state index contributed by atoms with van der Waals surface area (Å²) < 4.78 is 0. The van der Waals surface area contributed by atoms with Crippen molar-refractivity contribution >= 4 is 28.4 Å². The summed E-state index contributed by atoms with van der Waals surface area (Å²) in [6.07, 6.45) is 4.49. The molecule has 0 aliphatic carbocycles. The predicted molar refractivity (Wildman–Crippen MR) is 113 cm³/mol. The van der Waals surface area contributed by atoms with Crippen LogP contribution < -0.4 is 10.2 Å². The smallest absolute Gasteiger partial charge is 0.269 e. The van der Waals surface area contributed by atoms with Crippen LogP contribution in [0.2, 0.25) is 0 Å². The molecule has 0 spiro atoms. The van der Waals surface area contributed by atoms with E-state index in [-0.39, 0.29) is 11.8 Å². The number of fused-ring (bicyclic) bond motifs is 1. The van der Waals surface area contributed by atoms with Gasteiger partial charge in [0.05, 0.1) is 11.9 Å². The van der Waals surface area contributed by atoms with E-state index in [0.29, 0.717) is 25.3 Å². The van der Waals surface area contributed by atoms with E-state index in [2.05, 4.69) is 26.3 Å². The van der Waals surface area contributed by atoms with Gasteiger partial charge in [-0.15, -0.1) is 0 Å². The normalized spacial score (nSPS) is 14.2. The first-order chi connectivity index (χ1) is 14.1. The number of benzene rings is 1. The van der Waals surface area contributed by atoms with Crippen LogP contribution in [-0.2, 0) is 11.2 Å². The number of hydrogen-bond donors (Lipinski definition) is 2. The molecule has 0 bridgehead atoms. The van der Waals surface area contributed by atoms with Crippen molar-refractivity contribution in [1.82, 2.24) is 20.2 Å². The molecule has 0 saturated carbocycles. The Kier molecular flexibility index (Phi) is 5.46. The molecule has 3 aromatic rings. The molecule has 150 valence electrons. The van der Waals surface area contributed by atoms with Crippen LogP contribution in [0.4, 0.5) is 5.69 Å². The molecule has 0 radical (unpaired) electrons. The van der Waals surface area contributed by atoms with Crippen molar-refractivity contribution in [2.24, 2.45) is 0 Å². The van der Waals surface area contributed by atoms with E-state index in [1.165, 1.54) is 10.9 Å². The Morgan fingerprint density at radius 3 is 2.62 bits per heavy atom. The Bertz CT molecular complexity index is 1000. The molecular formula is C22H25N5O2. The van der Waals surface area contributed by atoms with Gasteiger partial charge in [-0.25, -0.2) is 4.98 Å². The molecule has 3 heterocycles. The fourth-order valence-corrected chi connectivity index (χ4v) is 3.73. The first-order valence-electron chi connectivity index (χ1n) is 9.91. The van der Waals surface area contributed by atoms with Gasteiger partial charge in [0.15, 0.2) is 0 Å². The van der Waals surface area contributed by atoms with Crippen molar-refractivity contribution in [2.45, 2.75) is 13.3 Å². The van der Waals surface area contributed by atoms with Gasteiger partial charge >= 0.3 is 0 Å². The molecule has 1 aliphatic heterocycles. The monoisotopic (exact) mass is 391 g/mol. The fourth-order valence-electron chi connectivity index (χ4n) is 3.73. The second kappa shape index (κ2) is 8.34. The molecule has 1 saturated heterocycles. The first-order valence-corrected chi connectivity index (χ1v) is 9.91. The molecule has 1 aliphatic rings. The van der Waals surface area contributed by atoms with Gasteiger partial charge in [0.1, 0.15) is 5.69 Å². The minimum absolute atomic E-state index is 0.113. The van der Waals surface area contributed by atoms with E-state index in [1.54, 1.807) is 19.2 Å². The van der Waals surface area contributed by atoms with Crippen LogP contribution in [-0.4, -0.2) is 59.4 Å². The number of amides is 2. The number of aromatic amines is 1. The van der Waals surface area contributed by atoms with E-state index in [9.17, 15) is 9.59 Å². The molecule has 7 nitrogen and oxygen atoms in total. The number of rotatable bonds is 5. The summed E-state index contributed by atoms with van der Waals surface area (Å²) in [5, 5.41) is 4.14. The Morgan fingerprint density at radius 1 is 1.10 bits per heavy atom. The number of carbonyl (C=O) groups excluding carboxylic acids is 2. The number of pyridine rings is 1. The lowest BCUT2D eigenvalue weighted by Gasteiger charge is -2.35. The van der Waals surface area contributed by atoms with Gasteiger partial charge in [-0.3, -0.25) is 9.59 Å². The Hall–Kier alpha value is -3.35. The van der Waals surface area contributed by atoms with Crippen LogP contribution in [0.25, 0.3) is 10.9 Å². The number of H-pyrrole nitrogens is 1. The van der Waals surface area contributed by atoms with Crippen molar-refractivity contribution < 1.29 is 9.59 Å². The molecular weight excluding hydrogens is 366 g/mol. The largest absolute Gasteiger partial charge is 0.367 e. The highest BCUT2D eigenvalue weighted by atomic mass is 16.2. The van der Waals surface area contributed by atoms with Crippen LogP contribution >= 0.6 is 0 Å². The number of piperazine rings is 1. The Morgan fingerprint density at radius 2 is 1.90 bits per heavy atom. The SMILES string of the molecule is CC(=O)N1CCN(c2ccc(C(=O)NCCc3c[nH]c4ccccc34)nc2)CC1. The second-order valence-corrected chi connectivity index (χ2v) is 7.26. The maximum Gasteiger partial charge on any atom is 0.269 e. The van der Waals surface area contributed by atoms with Crippen LogP contribution in [0.1, 0.15) is 23.0 Å². The third-order valence-electron chi connectivity index (χ3n) is 5.43. The zero-order valence-electron chi connectivity index (χ0n) is 16.5. The third-order valence-corrected chi connectivity index (χ3v) is 5.43. The van der Waals surface area contributed by atoms with E-state index in [0.717, 1.165) is 30.7 Å². The summed E-state index contributed by atoms with van der Waals surface area (Å²) in [7, 11) is 0. The lowest BCUT2D eigenvalue weighted by atomic mass is 10.1. The number of nitrogens with zero attached hydrogens (tertiary/aromatic N) is 3. The van der Waals surface area contributed by atoms with E-state index >= 15 is 0 Å². The standard InChI is InChI=1S/C22H25N5O2/c1-16(28)26-10-12-27(13-11-26)18-6-7-21(25-15-18)22(29)23-9-8-17-14-24-20-5-3-2-4-19(17)20/h2-7,14-15,24H,8-13H2,1H3,(H,23,29). The lowest BCUT2D eigenvalue weighted by Crippen LogP contribution is -2.48. The topological polar surface area (TPSA) is 81.3 Å². The number of hydrogen-bond acceptors (Lipinski definition) is 4. The maximum absolute atomic E-state index is 12.4. The molecule has 4 rings (SSSR count). The summed E-state index contributed by atoms with van der Waals surface area (Å²) >= 11 is 0. The first kappa shape index (κ1) is 19.0. The van der Waals surface area contributed by atoms with Crippen molar-refractivity contribution in [1.29, 1.82) is 0 Å². The molecule has 0 unspecified atom stereocenters. The highest BCUT2D eigenvalue weighted by molar-refractivity contribution is 5.92. The van der Waals surface area contributed by atoms with Crippen molar-refractivity contribution in [3.63, 3.8) is 0 Å². The number of para-hydroxylation sites is 1. The van der Waals surface area contributed by atoms with Gasteiger partial charge in [-0.2, -0.15) is 0 Å². The molecule has 1 fully saturated rings. The van der Waals surface area contributed by atoms with Gasteiger partial charge in [0.25, 0.3) is 5.91 Å². The highest BCUT2D eigenvalue weighted by Gasteiger charge is 2.19. The van der Waals surface area contributed by atoms with Crippen LogP contribution in [0.15, 0.2) is 48.8 Å². The number of carbonyl (C=O) groups is 2. The minimum Gasteiger partial charge on any atom is -0.367 e. The average Bonchev–Trinajstić information content (AvgIpc) is 3.17. The van der Waals surface area contributed by atoms with Gasteiger partial charge in [0.2, 0.25) is 5.91 Å². The Labute approximate surface area is 169 Å². The molecule has 2 N–H and O–H groups in total. The molecule has 1 aromatic carbocycles. The van der Waals surface area contributed by atoms with Crippen molar-refractivity contribution in [3.8, 4) is 0 Å². The highest BCUT2D eigenvalue weighted by Crippen LogP contribution is 2.18. The van der Waals surface area contributed by atoms with Crippen molar-refractivity contribution in [3.05, 3.63) is 60.0 Å². The predicted octanol–water partition coefficient (Wildman–Crippen LogP) is 2.20. The zero-order chi connectivity index (χ0) is 20.2. The molecule has 7 heteroatoms. The lowest BCUT2D eigenvalue weighted by molar-refractivity contribution is -0.129. The summed E-state index contributed by atoms with van der Waals surface area (Å²) in [6.45, 7) is 5.13. The van der Waals surface area contributed by atoms with E-state index < -0.39 is 0 Å². The quantitative estimate of drug-likeness (QED) is 0.699. The van der Waals surface area contributed by atoms with Gasteiger partial charge < -0.3 is 20.1 Å². The summed E-state index contributed by atoms with van der Waals surface area (Å²) in [5.41, 5.74) is 3.68. The van der Waals surface area contributed by atoms with Gasteiger partial charge in [-0.05, 0) is 30.2 Å². The van der Waals surface area contributed by atoms with E-state index in [1.807, 2.05) is 35.4 Å². The van der Waals surface area contributed by atoms with Crippen molar-refractivity contribution in [2.75, 3.05) is 37.6 Å². The average molecular weight is 391 g/mol. The second-order valence-electron chi connectivity index (χ2n) is 7.26. The Balaban J connectivity index is 1.30. The number of nitrogens with one attached hydrogen (secondary N) is 2. The third kappa shape index (κ3) is 4.23.